The Hall–Kier alpha value is -1.35. The van der Waals surface area contributed by atoms with Crippen molar-refractivity contribution in [2.75, 3.05) is 25.9 Å². The fourth-order valence-electron chi connectivity index (χ4n) is 1.67. The number of hydrogen-bond acceptors (Lipinski definition) is 3. The van der Waals surface area contributed by atoms with E-state index in [1.807, 2.05) is 12.1 Å². The minimum Gasteiger partial charge on any atom is -0.397 e. The summed E-state index contributed by atoms with van der Waals surface area (Å²) < 4.78 is 0. The molecule has 0 spiro atoms. The second kappa shape index (κ2) is 3.80. The summed E-state index contributed by atoms with van der Waals surface area (Å²) in [5, 5.41) is 0. The molecule has 0 bridgehead atoms. The molecule has 1 aromatic heterocycles. The molecule has 3 nitrogen and oxygen atoms in total. The van der Waals surface area contributed by atoms with Gasteiger partial charge in [-0.2, -0.15) is 0 Å². The number of aromatic nitrogens is 1. The van der Waals surface area contributed by atoms with E-state index in [9.17, 15) is 0 Å². The first-order chi connectivity index (χ1) is 6.77. The van der Waals surface area contributed by atoms with Crippen molar-refractivity contribution < 1.29 is 0 Å². The van der Waals surface area contributed by atoms with Crippen LogP contribution in [0.15, 0.2) is 24.4 Å². The number of pyridine rings is 1. The van der Waals surface area contributed by atoms with Gasteiger partial charge in [0.05, 0.1) is 11.4 Å². The highest BCUT2D eigenvalue weighted by Gasteiger charge is 2.12. The van der Waals surface area contributed by atoms with Crippen molar-refractivity contribution in [3.8, 4) is 0 Å². The standard InChI is InChI=1S/C11H15N3/c1-14-7-4-9(5-8-14)11-10(12)3-2-6-13-11/h2-4,6H,5,7-8,12H2,1H3. The van der Waals surface area contributed by atoms with Crippen molar-refractivity contribution in [2.45, 2.75) is 6.42 Å². The average molecular weight is 189 g/mol. The third-order valence-corrected chi connectivity index (χ3v) is 2.56. The van der Waals surface area contributed by atoms with Gasteiger partial charge in [0.1, 0.15) is 0 Å². The molecule has 1 aliphatic heterocycles. The van der Waals surface area contributed by atoms with Gasteiger partial charge in [0.15, 0.2) is 0 Å². The van der Waals surface area contributed by atoms with Crippen LogP contribution in [0.25, 0.3) is 5.57 Å². The molecule has 0 aliphatic carbocycles. The lowest BCUT2D eigenvalue weighted by atomic mass is 10.0. The van der Waals surface area contributed by atoms with E-state index in [4.69, 9.17) is 5.73 Å². The van der Waals surface area contributed by atoms with Crippen LogP contribution in [0.2, 0.25) is 0 Å². The van der Waals surface area contributed by atoms with Gasteiger partial charge in [-0.25, -0.2) is 0 Å². The SMILES string of the molecule is CN1CC=C(c2ncccc2N)CC1. The summed E-state index contributed by atoms with van der Waals surface area (Å²) in [5.41, 5.74) is 8.89. The minimum absolute atomic E-state index is 0.781. The predicted molar refractivity (Wildman–Crippen MR) is 58.7 cm³/mol. The maximum absolute atomic E-state index is 5.87. The number of rotatable bonds is 1. The Labute approximate surface area is 84.2 Å². The molecule has 2 heterocycles. The molecule has 0 unspecified atom stereocenters. The topological polar surface area (TPSA) is 42.2 Å². The van der Waals surface area contributed by atoms with Crippen LogP contribution >= 0.6 is 0 Å². The molecule has 2 rings (SSSR count). The molecule has 0 atom stereocenters. The lowest BCUT2D eigenvalue weighted by Gasteiger charge is -2.22. The van der Waals surface area contributed by atoms with E-state index in [0.717, 1.165) is 30.9 Å². The molecule has 0 saturated carbocycles. The molecule has 1 aromatic rings. The first kappa shape index (κ1) is 9.21. The van der Waals surface area contributed by atoms with Gasteiger partial charge < -0.3 is 10.6 Å². The van der Waals surface area contributed by atoms with Crippen LogP contribution in [0.4, 0.5) is 5.69 Å². The molecule has 0 radical (unpaired) electrons. The number of likely N-dealkylation sites (N-methyl/N-ethyl adjacent to an activating group) is 1. The number of hydrogen-bond donors (Lipinski definition) is 1. The van der Waals surface area contributed by atoms with E-state index in [-0.39, 0.29) is 0 Å². The molecule has 0 fully saturated rings. The van der Waals surface area contributed by atoms with Gasteiger partial charge >= 0.3 is 0 Å². The van der Waals surface area contributed by atoms with E-state index >= 15 is 0 Å². The first-order valence-corrected chi connectivity index (χ1v) is 4.86. The zero-order valence-electron chi connectivity index (χ0n) is 8.40. The summed E-state index contributed by atoms with van der Waals surface area (Å²) in [4.78, 5) is 6.60. The Kier molecular flexibility index (Phi) is 2.50. The number of anilines is 1. The molecule has 14 heavy (non-hydrogen) atoms. The van der Waals surface area contributed by atoms with Gasteiger partial charge in [-0.05, 0) is 31.2 Å². The highest BCUT2D eigenvalue weighted by molar-refractivity contribution is 5.72. The van der Waals surface area contributed by atoms with Crippen LogP contribution in [-0.4, -0.2) is 30.0 Å². The second-order valence-electron chi connectivity index (χ2n) is 3.68. The Bertz CT molecular complexity index is 357. The molecule has 74 valence electrons. The summed E-state index contributed by atoms with van der Waals surface area (Å²) in [6.45, 7) is 2.08. The van der Waals surface area contributed by atoms with Gasteiger partial charge in [0.25, 0.3) is 0 Å². The van der Waals surface area contributed by atoms with E-state index in [1.165, 1.54) is 5.57 Å². The van der Waals surface area contributed by atoms with Crippen LogP contribution in [-0.2, 0) is 0 Å². The molecule has 0 aromatic carbocycles. The smallest absolute Gasteiger partial charge is 0.0888 e. The van der Waals surface area contributed by atoms with Crippen molar-refractivity contribution in [2.24, 2.45) is 0 Å². The van der Waals surface area contributed by atoms with Crippen LogP contribution in [0.3, 0.4) is 0 Å². The van der Waals surface area contributed by atoms with Crippen LogP contribution < -0.4 is 5.73 Å². The average Bonchev–Trinajstić information content (AvgIpc) is 2.20. The third kappa shape index (κ3) is 1.77. The van der Waals surface area contributed by atoms with Crippen molar-refractivity contribution in [1.29, 1.82) is 0 Å². The zero-order valence-corrected chi connectivity index (χ0v) is 8.40. The summed E-state index contributed by atoms with van der Waals surface area (Å²) in [5.74, 6) is 0. The number of nitrogens with zero attached hydrogens (tertiary/aromatic N) is 2. The summed E-state index contributed by atoms with van der Waals surface area (Å²) in [6.07, 6.45) is 5.05. The monoisotopic (exact) mass is 189 g/mol. The molecular weight excluding hydrogens is 174 g/mol. The third-order valence-electron chi connectivity index (χ3n) is 2.56. The van der Waals surface area contributed by atoms with Crippen LogP contribution in [0, 0.1) is 0 Å². The quantitative estimate of drug-likeness (QED) is 0.725. The lowest BCUT2D eigenvalue weighted by molar-refractivity contribution is 0.370. The second-order valence-corrected chi connectivity index (χ2v) is 3.68. The maximum atomic E-state index is 5.87. The molecule has 0 saturated heterocycles. The Balaban J connectivity index is 2.28. The maximum Gasteiger partial charge on any atom is 0.0888 e. The minimum atomic E-state index is 0.781. The Morgan fingerprint density at radius 1 is 1.50 bits per heavy atom. The molecule has 1 aliphatic rings. The fraction of sp³-hybridized carbons (Fsp3) is 0.364. The molecule has 0 amide bonds. The highest BCUT2D eigenvalue weighted by Crippen LogP contribution is 2.23. The van der Waals surface area contributed by atoms with Crippen molar-refractivity contribution in [3.05, 3.63) is 30.1 Å². The normalized spacial score (nSPS) is 17.9. The largest absolute Gasteiger partial charge is 0.397 e. The number of nitrogens with two attached hydrogens (primary N) is 1. The Morgan fingerprint density at radius 2 is 2.36 bits per heavy atom. The van der Waals surface area contributed by atoms with Gasteiger partial charge in [-0.15, -0.1) is 0 Å². The van der Waals surface area contributed by atoms with Crippen molar-refractivity contribution >= 4 is 11.3 Å². The lowest BCUT2D eigenvalue weighted by Crippen LogP contribution is -2.24. The zero-order chi connectivity index (χ0) is 9.97. The highest BCUT2D eigenvalue weighted by atomic mass is 15.1. The van der Waals surface area contributed by atoms with Gasteiger partial charge in [0, 0.05) is 19.3 Å². The molecular formula is C11H15N3. The van der Waals surface area contributed by atoms with Crippen LogP contribution in [0.5, 0.6) is 0 Å². The van der Waals surface area contributed by atoms with Gasteiger partial charge in [-0.1, -0.05) is 6.08 Å². The molecule has 2 N–H and O–H groups in total. The van der Waals surface area contributed by atoms with E-state index in [2.05, 4.69) is 23.0 Å². The molecule has 3 heteroatoms. The first-order valence-electron chi connectivity index (χ1n) is 4.86. The van der Waals surface area contributed by atoms with Gasteiger partial charge in [-0.3, -0.25) is 4.98 Å². The predicted octanol–water partition coefficient (Wildman–Crippen LogP) is 1.38. The van der Waals surface area contributed by atoms with E-state index < -0.39 is 0 Å². The van der Waals surface area contributed by atoms with Crippen LogP contribution in [0.1, 0.15) is 12.1 Å². The van der Waals surface area contributed by atoms with Crippen molar-refractivity contribution in [3.63, 3.8) is 0 Å². The van der Waals surface area contributed by atoms with Crippen molar-refractivity contribution in [1.82, 2.24) is 9.88 Å². The number of nitrogen functional groups attached to an aromatic ring is 1. The summed E-state index contributed by atoms with van der Waals surface area (Å²) in [6, 6.07) is 3.77. The van der Waals surface area contributed by atoms with Gasteiger partial charge in [0.2, 0.25) is 0 Å². The van der Waals surface area contributed by atoms with E-state index in [0.29, 0.717) is 0 Å². The summed E-state index contributed by atoms with van der Waals surface area (Å²) in [7, 11) is 2.12. The van der Waals surface area contributed by atoms with E-state index in [1.54, 1.807) is 6.20 Å². The Morgan fingerprint density at radius 3 is 3.00 bits per heavy atom. The summed E-state index contributed by atoms with van der Waals surface area (Å²) >= 11 is 0. The fourth-order valence-corrected chi connectivity index (χ4v) is 1.67.